The Balaban J connectivity index is 1.02. The smallest absolute Gasteiger partial charge is 0.234 e. The molecule has 0 radical (unpaired) electrons. The largest absolute Gasteiger partial charge is 0.457 e. The van der Waals surface area contributed by atoms with E-state index in [0.717, 1.165) is 72.6 Å². The Bertz CT molecular complexity index is 4130. The third kappa shape index (κ3) is 9.07. The van der Waals surface area contributed by atoms with Crippen LogP contribution in [-0.4, -0.2) is 33.6 Å². The van der Waals surface area contributed by atoms with Gasteiger partial charge in [-0.1, -0.05) is 140 Å². The second-order valence-electron chi connectivity index (χ2n) is 26.7. The summed E-state index contributed by atoms with van der Waals surface area (Å²) in [6.45, 7) is 33.7. The molecule has 0 aliphatic heterocycles. The van der Waals surface area contributed by atoms with E-state index in [-0.39, 0.29) is 27.1 Å². The first kappa shape index (κ1) is 51.5. The lowest BCUT2D eigenvalue weighted by molar-refractivity contribution is 0.480. The van der Waals surface area contributed by atoms with Gasteiger partial charge in [0, 0.05) is 81.4 Å². The molecule has 12 rings (SSSR count). The third-order valence-electron chi connectivity index (χ3n) is 15.7. The van der Waals surface area contributed by atoms with Crippen LogP contribution >= 0.6 is 0 Å². The van der Waals surface area contributed by atoms with Crippen LogP contribution in [-0.2, 0) is 27.1 Å². The van der Waals surface area contributed by atoms with Crippen molar-refractivity contribution in [1.82, 2.24) is 33.6 Å². The molecular weight excluding hydrogens is 971 g/mol. The SMILES string of the molecule is CC(C)(C)c1cnc(-n2c3cc(Oc4cc(C(C)(C)C)c5c6ccccc6n(-c6cc(C(C)(C)C)ccn6)c5c4)ccc3c3ccc(Oc4cc(C(C)(C)C)c5c6ccccc6n(-c6cc(C(C)(C)C)ccn6)c5c4)cc32)nc1. The predicted molar refractivity (Wildman–Crippen MR) is 327 cm³/mol. The van der Waals surface area contributed by atoms with Crippen molar-refractivity contribution >= 4 is 65.4 Å². The second kappa shape index (κ2) is 18.1. The van der Waals surface area contributed by atoms with Crippen molar-refractivity contribution in [3.05, 3.63) is 186 Å². The van der Waals surface area contributed by atoms with Gasteiger partial charge in [0.05, 0.1) is 33.1 Å². The Morgan fingerprint density at radius 2 is 0.709 bits per heavy atom. The molecule has 0 spiro atoms. The van der Waals surface area contributed by atoms with Gasteiger partial charge in [-0.15, -0.1) is 0 Å². The highest BCUT2D eigenvalue weighted by Gasteiger charge is 2.28. The summed E-state index contributed by atoms with van der Waals surface area (Å²) in [6, 6.07) is 47.5. The second-order valence-corrected chi connectivity index (χ2v) is 26.7. The maximum atomic E-state index is 7.09. The van der Waals surface area contributed by atoms with Gasteiger partial charge in [0.15, 0.2) is 0 Å². The minimum absolute atomic E-state index is 0.0524. The summed E-state index contributed by atoms with van der Waals surface area (Å²) in [7, 11) is 0. The van der Waals surface area contributed by atoms with Crippen LogP contribution in [0, 0.1) is 0 Å². The van der Waals surface area contributed by atoms with E-state index in [0.29, 0.717) is 17.4 Å². The summed E-state index contributed by atoms with van der Waals surface area (Å²) in [5.41, 5.74) is 11.3. The number of fused-ring (bicyclic) bond motifs is 9. The Kier molecular flexibility index (Phi) is 11.8. The number of ether oxygens (including phenoxy) is 2. The van der Waals surface area contributed by atoms with E-state index in [9.17, 15) is 0 Å². The molecule has 0 N–H and O–H groups in total. The molecular formula is C70H71N7O2. The molecule has 0 unspecified atom stereocenters. The van der Waals surface area contributed by atoms with Crippen molar-refractivity contribution in [3.63, 3.8) is 0 Å². The fourth-order valence-corrected chi connectivity index (χ4v) is 11.4. The van der Waals surface area contributed by atoms with Gasteiger partial charge in [0.25, 0.3) is 0 Å². The molecule has 0 saturated heterocycles. The minimum atomic E-state index is -0.215. The maximum Gasteiger partial charge on any atom is 0.234 e. The van der Waals surface area contributed by atoms with Gasteiger partial charge in [0.2, 0.25) is 5.95 Å². The normalized spacial score (nSPS) is 13.0. The first-order chi connectivity index (χ1) is 37.3. The summed E-state index contributed by atoms with van der Waals surface area (Å²) >= 11 is 0. The fourth-order valence-electron chi connectivity index (χ4n) is 11.4. The number of benzene rings is 6. The lowest BCUT2D eigenvalue weighted by Crippen LogP contribution is -2.13. The van der Waals surface area contributed by atoms with Gasteiger partial charge in [-0.2, -0.15) is 0 Å². The van der Waals surface area contributed by atoms with Gasteiger partial charge in [-0.05, 0) is 128 Å². The highest BCUT2D eigenvalue weighted by molar-refractivity contribution is 6.13. The molecule has 12 aromatic rings. The summed E-state index contributed by atoms with van der Waals surface area (Å²) in [4.78, 5) is 20.1. The molecule has 9 heteroatoms. The molecule has 0 amide bonds. The van der Waals surface area contributed by atoms with E-state index in [1.54, 1.807) is 0 Å². The first-order valence-corrected chi connectivity index (χ1v) is 27.7. The molecule has 0 aliphatic rings. The number of hydrogen-bond acceptors (Lipinski definition) is 6. The highest BCUT2D eigenvalue weighted by atomic mass is 16.5. The zero-order chi connectivity index (χ0) is 55.7. The topological polar surface area (TPSA) is 84.8 Å². The molecule has 9 nitrogen and oxygen atoms in total. The van der Waals surface area contributed by atoms with Gasteiger partial charge < -0.3 is 9.47 Å². The molecule has 0 fully saturated rings. The molecule has 6 heterocycles. The highest BCUT2D eigenvalue weighted by Crippen LogP contribution is 2.46. The van der Waals surface area contributed by atoms with Crippen molar-refractivity contribution in [1.29, 1.82) is 0 Å². The van der Waals surface area contributed by atoms with Crippen LogP contribution in [0.1, 0.15) is 132 Å². The molecule has 0 atom stereocenters. The Hall–Kier alpha value is -8.30. The van der Waals surface area contributed by atoms with E-state index in [4.69, 9.17) is 29.4 Å². The Morgan fingerprint density at radius 1 is 0.316 bits per heavy atom. The van der Waals surface area contributed by atoms with Gasteiger partial charge >= 0.3 is 0 Å². The molecule has 0 aliphatic carbocycles. The van der Waals surface area contributed by atoms with Crippen LogP contribution in [0.4, 0.5) is 0 Å². The van der Waals surface area contributed by atoms with Gasteiger partial charge in [0.1, 0.15) is 34.6 Å². The van der Waals surface area contributed by atoms with Crippen LogP contribution in [0.15, 0.2) is 158 Å². The Morgan fingerprint density at radius 3 is 1.10 bits per heavy atom. The van der Waals surface area contributed by atoms with Gasteiger partial charge in [-0.25, -0.2) is 19.9 Å². The number of hydrogen-bond donors (Lipinski definition) is 0. The maximum absolute atomic E-state index is 7.09. The van der Waals surface area contributed by atoms with E-state index in [1.807, 2.05) is 24.8 Å². The lowest BCUT2D eigenvalue weighted by Gasteiger charge is -2.22. The predicted octanol–water partition coefficient (Wildman–Crippen LogP) is 18.6. The molecule has 0 bridgehead atoms. The zero-order valence-electron chi connectivity index (χ0n) is 48.5. The van der Waals surface area contributed by atoms with Crippen molar-refractivity contribution in [2.75, 3.05) is 0 Å². The quantitative estimate of drug-likeness (QED) is 0.158. The summed E-state index contributed by atoms with van der Waals surface area (Å²) < 4.78 is 20.9. The number of nitrogens with zero attached hydrogens (tertiary/aromatic N) is 7. The molecule has 6 aromatic carbocycles. The summed E-state index contributed by atoms with van der Waals surface area (Å²) in [5, 5.41) is 6.84. The number of pyridine rings is 2. The average molecular weight is 1040 g/mol. The Labute approximate surface area is 463 Å². The number of aromatic nitrogens is 7. The van der Waals surface area contributed by atoms with Crippen LogP contribution in [0.25, 0.3) is 83.0 Å². The van der Waals surface area contributed by atoms with Crippen molar-refractivity contribution in [2.24, 2.45) is 0 Å². The zero-order valence-corrected chi connectivity index (χ0v) is 48.5. The van der Waals surface area contributed by atoms with Crippen molar-refractivity contribution < 1.29 is 9.47 Å². The standard InChI is InChI=1S/C70H71N7O2/c1-66(2,3)42-28-30-71-61(32-42)75-55-22-18-16-20-51(55)63-53(69(10,11)12)34-47(38-59(63)75)78-45-24-26-49-50-27-25-46(37-58(50)77(57(49)36-45)65-73-40-44(41-74-65)68(7,8)9)79-48-35-54(70(13,14)15)64-52-21-17-19-23-56(52)76(60(64)39-48)62-33-43(29-31-72-62)67(4,5)6/h16-41H,1-15H3. The van der Waals surface area contributed by atoms with E-state index in [2.05, 4.69) is 251 Å². The van der Waals surface area contributed by atoms with Crippen LogP contribution in [0.5, 0.6) is 23.0 Å². The summed E-state index contributed by atoms with van der Waals surface area (Å²) in [6.07, 6.45) is 7.76. The van der Waals surface area contributed by atoms with Crippen molar-refractivity contribution in [2.45, 2.75) is 131 Å². The van der Waals surface area contributed by atoms with E-state index >= 15 is 0 Å². The average Bonchev–Trinajstić information content (AvgIpc) is 4.02. The fraction of sp³-hybridized carbons (Fsp3) is 0.286. The molecule has 79 heavy (non-hydrogen) atoms. The number of para-hydroxylation sites is 2. The minimum Gasteiger partial charge on any atom is -0.457 e. The number of rotatable bonds is 7. The van der Waals surface area contributed by atoms with Crippen molar-refractivity contribution in [3.8, 4) is 40.6 Å². The van der Waals surface area contributed by atoms with Crippen LogP contribution in [0.2, 0.25) is 0 Å². The van der Waals surface area contributed by atoms with E-state index < -0.39 is 0 Å². The molecule has 398 valence electrons. The molecule has 0 saturated carbocycles. The third-order valence-corrected chi connectivity index (χ3v) is 15.7. The first-order valence-electron chi connectivity index (χ1n) is 27.7. The van der Waals surface area contributed by atoms with E-state index in [1.165, 1.54) is 43.8 Å². The lowest BCUT2D eigenvalue weighted by atomic mass is 9.84. The molecule has 6 aromatic heterocycles. The summed E-state index contributed by atoms with van der Waals surface area (Å²) in [5.74, 6) is 5.16. The monoisotopic (exact) mass is 1040 g/mol. The van der Waals surface area contributed by atoms with Crippen LogP contribution < -0.4 is 9.47 Å². The van der Waals surface area contributed by atoms with Crippen LogP contribution in [0.3, 0.4) is 0 Å². The van der Waals surface area contributed by atoms with Gasteiger partial charge in [-0.3, -0.25) is 13.7 Å².